The number of halogens is 3. The zero-order valence-corrected chi connectivity index (χ0v) is 8.22. The van der Waals surface area contributed by atoms with Crippen LogP contribution in [0.15, 0.2) is 12.1 Å². The van der Waals surface area contributed by atoms with Crippen LogP contribution in [0.2, 0.25) is 0 Å². The molecule has 0 saturated carbocycles. The highest BCUT2D eigenvalue weighted by molar-refractivity contribution is 6.34. The fourth-order valence-corrected chi connectivity index (χ4v) is 1.08. The molecule has 0 aliphatic carbocycles. The summed E-state index contributed by atoms with van der Waals surface area (Å²) in [6.45, 7) is 0. The molecule has 0 saturated heterocycles. The number of methoxy groups -OCH3 is 1. The summed E-state index contributed by atoms with van der Waals surface area (Å²) in [5.74, 6) is -6.23. The molecule has 0 unspecified atom stereocenters. The summed E-state index contributed by atoms with van der Waals surface area (Å²) in [6, 6.07) is 1.27. The Balaban J connectivity index is 3.02. The van der Waals surface area contributed by atoms with E-state index in [-0.39, 0.29) is 0 Å². The van der Waals surface area contributed by atoms with Crippen molar-refractivity contribution in [3.05, 3.63) is 35.1 Å². The molecule has 1 aromatic rings. The van der Waals surface area contributed by atoms with Gasteiger partial charge in [0.1, 0.15) is 5.82 Å². The second-order valence-electron chi connectivity index (χ2n) is 2.91. The number of carbonyl (C=O) groups is 2. The third-order valence-corrected chi connectivity index (χ3v) is 1.89. The van der Waals surface area contributed by atoms with Crippen LogP contribution in [0, 0.1) is 17.5 Å². The van der Waals surface area contributed by atoms with Gasteiger partial charge in [0.15, 0.2) is 11.6 Å². The average Bonchev–Trinajstić information content (AvgIpc) is 2.28. The van der Waals surface area contributed by atoms with Crippen molar-refractivity contribution in [1.29, 1.82) is 0 Å². The van der Waals surface area contributed by atoms with Gasteiger partial charge in [0.25, 0.3) is 0 Å². The van der Waals surface area contributed by atoms with Crippen LogP contribution in [0.4, 0.5) is 13.2 Å². The van der Waals surface area contributed by atoms with Crippen molar-refractivity contribution in [3.63, 3.8) is 0 Å². The number of ether oxygens (including phenoxy) is 1. The van der Waals surface area contributed by atoms with E-state index in [0.29, 0.717) is 12.1 Å². The molecule has 0 fully saturated rings. The summed E-state index contributed by atoms with van der Waals surface area (Å²) in [5, 5.41) is 0. The fourth-order valence-electron chi connectivity index (χ4n) is 1.08. The molecule has 16 heavy (non-hydrogen) atoms. The molecule has 0 heterocycles. The van der Waals surface area contributed by atoms with Gasteiger partial charge in [-0.1, -0.05) is 0 Å². The Hall–Kier alpha value is -1.85. The number of Topliss-reactive ketones (excluding diaryl/α,β-unsaturated/α-hetero) is 1. The molecule has 0 radical (unpaired) electrons. The zero-order valence-electron chi connectivity index (χ0n) is 8.22. The van der Waals surface area contributed by atoms with Crippen LogP contribution in [0.25, 0.3) is 0 Å². The minimum atomic E-state index is -1.47. The summed E-state index contributed by atoms with van der Waals surface area (Å²) in [4.78, 5) is 21.7. The van der Waals surface area contributed by atoms with E-state index in [1.54, 1.807) is 0 Å². The number of ketones is 1. The Morgan fingerprint density at radius 1 is 1.19 bits per heavy atom. The average molecular weight is 232 g/mol. The zero-order chi connectivity index (χ0) is 12.3. The molecule has 0 spiro atoms. The van der Waals surface area contributed by atoms with Gasteiger partial charge in [-0.25, -0.2) is 18.0 Å². The lowest BCUT2D eigenvalue weighted by atomic mass is 10.1. The third-order valence-electron chi connectivity index (χ3n) is 1.89. The van der Waals surface area contributed by atoms with E-state index >= 15 is 0 Å². The van der Waals surface area contributed by atoms with E-state index in [9.17, 15) is 22.8 Å². The number of carbonyl (C=O) groups excluding carboxylic acids is 2. The van der Waals surface area contributed by atoms with Crippen molar-refractivity contribution in [2.75, 3.05) is 7.11 Å². The molecule has 0 N–H and O–H groups in total. The number of rotatable bonds is 3. The number of hydrogen-bond donors (Lipinski definition) is 0. The minimum Gasteiger partial charge on any atom is -0.463 e. The lowest BCUT2D eigenvalue weighted by Gasteiger charge is -2.03. The van der Waals surface area contributed by atoms with Gasteiger partial charge in [-0.2, -0.15) is 0 Å². The molecule has 0 amide bonds. The molecular weight excluding hydrogens is 225 g/mol. The maximum atomic E-state index is 13.1. The molecular formula is C10H7F3O3. The number of hydrogen-bond acceptors (Lipinski definition) is 3. The summed E-state index contributed by atoms with van der Waals surface area (Å²) >= 11 is 0. The Labute approximate surface area is 88.8 Å². The van der Waals surface area contributed by atoms with Crippen molar-refractivity contribution < 1.29 is 27.5 Å². The van der Waals surface area contributed by atoms with Crippen molar-refractivity contribution in [1.82, 2.24) is 0 Å². The number of benzene rings is 1. The Morgan fingerprint density at radius 3 is 2.31 bits per heavy atom. The topological polar surface area (TPSA) is 43.4 Å². The van der Waals surface area contributed by atoms with E-state index in [4.69, 9.17) is 0 Å². The van der Waals surface area contributed by atoms with Crippen molar-refractivity contribution in [2.24, 2.45) is 0 Å². The SMILES string of the molecule is COC(=O)C(=O)Cc1c(F)ccc(F)c1F. The normalized spacial score (nSPS) is 10.0. The van der Waals surface area contributed by atoms with Crippen LogP contribution < -0.4 is 0 Å². The van der Waals surface area contributed by atoms with E-state index in [1.807, 2.05) is 0 Å². The lowest BCUT2D eigenvalue weighted by Crippen LogP contribution is -2.19. The van der Waals surface area contributed by atoms with Gasteiger partial charge < -0.3 is 4.74 Å². The molecule has 1 rings (SSSR count). The first-order valence-corrected chi connectivity index (χ1v) is 4.21. The standard InChI is InChI=1S/C10H7F3O3/c1-16-10(15)8(14)4-5-6(11)2-3-7(12)9(5)13/h2-3H,4H2,1H3. The lowest BCUT2D eigenvalue weighted by molar-refractivity contribution is -0.151. The van der Waals surface area contributed by atoms with Gasteiger partial charge >= 0.3 is 5.97 Å². The summed E-state index contributed by atoms with van der Waals surface area (Å²) in [7, 11) is 0.957. The molecule has 0 aliphatic rings. The highest BCUT2D eigenvalue weighted by atomic mass is 19.2. The molecule has 86 valence electrons. The third kappa shape index (κ3) is 2.39. The smallest absolute Gasteiger partial charge is 0.374 e. The van der Waals surface area contributed by atoms with Crippen LogP contribution in [0.1, 0.15) is 5.56 Å². The first-order valence-electron chi connectivity index (χ1n) is 4.21. The first kappa shape index (κ1) is 12.2. The quantitative estimate of drug-likeness (QED) is 0.449. The summed E-state index contributed by atoms with van der Waals surface area (Å²) < 4.78 is 42.9. The monoisotopic (exact) mass is 232 g/mol. The maximum absolute atomic E-state index is 13.1. The maximum Gasteiger partial charge on any atom is 0.374 e. The molecule has 1 aromatic carbocycles. The van der Waals surface area contributed by atoms with Crippen LogP contribution in [0.5, 0.6) is 0 Å². The van der Waals surface area contributed by atoms with Gasteiger partial charge in [0.05, 0.1) is 7.11 Å². The Morgan fingerprint density at radius 2 is 1.75 bits per heavy atom. The predicted octanol–water partition coefficient (Wildman–Crippen LogP) is 1.39. The molecule has 3 nitrogen and oxygen atoms in total. The van der Waals surface area contributed by atoms with Crippen LogP contribution in [-0.2, 0) is 20.7 Å². The molecule has 0 aliphatic heterocycles. The summed E-state index contributed by atoms with van der Waals surface area (Å²) in [6.07, 6.45) is -0.873. The van der Waals surface area contributed by atoms with Gasteiger partial charge in [0, 0.05) is 12.0 Å². The Kier molecular flexibility index (Phi) is 3.65. The van der Waals surface area contributed by atoms with Gasteiger partial charge in [-0.3, -0.25) is 4.79 Å². The number of esters is 1. The van der Waals surface area contributed by atoms with E-state index in [1.165, 1.54) is 0 Å². The van der Waals surface area contributed by atoms with E-state index in [0.717, 1.165) is 7.11 Å². The van der Waals surface area contributed by atoms with Gasteiger partial charge in [0.2, 0.25) is 5.78 Å². The molecule has 0 atom stereocenters. The van der Waals surface area contributed by atoms with Crippen LogP contribution >= 0.6 is 0 Å². The second-order valence-corrected chi connectivity index (χ2v) is 2.91. The van der Waals surface area contributed by atoms with Crippen molar-refractivity contribution in [2.45, 2.75) is 6.42 Å². The highest BCUT2D eigenvalue weighted by Gasteiger charge is 2.21. The van der Waals surface area contributed by atoms with E-state index in [2.05, 4.69) is 4.74 Å². The summed E-state index contributed by atoms with van der Waals surface area (Å²) in [5.41, 5.74) is -0.782. The highest BCUT2D eigenvalue weighted by Crippen LogP contribution is 2.16. The van der Waals surface area contributed by atoms with Crippen molar-refractivity contribution in [3.8, 4) is 0 Å². The largest absolute Gasteiger partial charge is 0.463 e. The van der Waals surface area contributed by atoms with Crippen LogP contribution in [-0.4, -0.2) is 18.9 Å². The van der Waals surface area contributed by atoms with E-state index < -0.39 is 41.2 Å². The predicted molar refractivity (Wildman–Crippen MR) is 47.0 cm³/mol. The van der Waals surface area contributed by atoms with Gasteiger partial charge in [-0.15, -0.1) is 0 Å². The molecule has 0 aromatic heterocycles. The van der Waals surface area contributed by atoms with Gasteiger partial charge in [-0.05, 0) is 12.1 Å². The Bertz CT molecular complexity index is 443. The van der Waals surface area contributed by atoms with Crippen molar-refractivity contribution >= 4 is 11.8 Å². The van der Waals surface area contributed by atoms with Crippen LogP contribution in [0.3, 0.4) is 0 Å². The molecule has 6 heteroatoms. The molecule has 0 bridgehead atoms. The first-order chi connectivity index (χ1) is 7.47. The second kappa shape index (κ2) is 4.78. The minimum absolute atomic E-state index is 0.594. The fraction of sp³-hybridized carbons (Fsp3) is 0.200.